The minimum absolute atomic E-state index is 0.0735. The van der Waals surface area contributed by atoms with Gasteiger partial charge in [-0.3, -0.25) is 9.59 Å². The molecule has 0 bridgehead atoms. The summed E-state index contributed by atoms with van der Waals surface area (Å²) in [5.74, 6) is -0.886. The van der Waals surface area contributed by atoms with E-state index in [-0.39, 0.29) is 18.4 Å². The van der Waals surface area contributed by atoms with Crippen LogP contribution in [-0.2, 0) is 16.0 Å². The number of unbranched alkanes of at least 4 members (excludes halogenated alkanes) is 1. The van der Waals surface area contributed by atoms with Gasteiger partial charge in [0.1, 0.15) is 0 Å². The van der Waals surface area contributed by atoms with E-state index in [1.165, 1.54) is 0 Å². The molecule has 1 aromatic heterocycles. The number of morpholine rings is 1. The number of carbonyl (C=O) groups is 2. The molecule has 38 heavy (non-hydrogen) atoms. The fourth-order valence-corrected chi connectivity index (χ4v) is 4.90. The van der Waals surface area contributed by atoms with E-state index >= 15 is 0 Å². The van der Waals surface area contributed by atoms with Crippen molar-refractivity contribution in [1.82, 2.24) is 14.9 Å². The molecule has 2 heterocycles. The maximum Gasteiger partial charge on any atom is 0.303 e. The number of fused-ring (bicyclic) bond motifs is 1. The highest BCUT2D eigenvalue weighted by Crippen LogP contribution is 2.29. The van der Waals surface area contributed by atoms with Crippen molar-refractivity contribution in [2.45, 2.75) is 31.7 Å². The second-order valence-corrected chi connectivity index (χ2v) is 9.77. The predicted molar refractivity (Wildman–Crippen MR) is 146 cm³/mol. The Balaban J connectivity index is 1.48. The van der Waals surface area contributed by atoms with Crippen molar-refractivity contribution in [1.29, 1.82) is 0 Å². The summed E-state index contributed by atoms with van der Waals surface area (Å²) in [4.78, 5) is 36.3. The summed E-state index contributed by atoms with van der Waals surface area (Å²) >= 11 is 6.09. The van der Waals surface area contributed by atoms with Gasteiger partial charge >= 0.3 is 5.97 Å². The number of hydrogen-bond acceptors (Lipinski definition) is 5. The maximum atomic E-state index is 13.7. The van der Waals surface area contributed by atoms with Gasteiger partial charge in [0.05, 0.1) is 41.7 Å². The predicted octanol–water partition coefficient (Wildman–Crippen LogP) is 5.96. The van der Waals surface area contributed by atoms with E-state index in [1.807, 2.05) is 65.6 Å². The molecule has 1 unspecified atom stereocenters. The molecule has 1 fully saturated rings. The first-order valence-electron chi connectivity index (χ1n) is 12.7. The van der Waals surface area contributed by atoms with E-state index in [0.29, 0.717) is 60.6 Å². The van der Waals surface area contributed by atoms with E-state index in [0.717, 1.165) is 22.5 Å². The number of aryl methyl sites for hydroxylation is 1. The number of rotatable bonds is 8. The molecule has 0 spiro atoms. The van der Waals surface area contributed by atoms with Crippen LogP contribution in [0.4, 0.5) is 0 Å². The van der Waals surface area contributed by atoms with Crippen molar-refractivity contribution in [3.63, 3.8) is 0 Å². The Bertz CT molecular complexity index is 1440. The second-order valence-electron chi connectivity index (χ2n) is 9.33. The third kappa shape index (κ3) is 5.85. The van der Waals surface area contributed by atoms with Crippen molar-refractivity contribution in [3.05, 3.63) is 94.6 Å². The van der Waals surface area contributed by atoms with E-state index in [2.05, 4.69) is 0 Å². The Morgan fingerprint density at radius 2 is 1.76 bits per heavy atom. The largest absolute Gasteiger partial charge is 0.481 e. The standard InChI is InChI=1S/C30H28ClN3O4/c31-23-13-10-21(11-14-23)29-25(8-4-5-9-28(35)36)32-26-18-22(12-15-24(26)33-29)30(37)34-16-17-38-19-27(34)20-6-2-1-3-7-20/h1-3,6-7,10-15,18,27H,4-5,8-9,16-17,19H2,(H,35,36). The van der Waals surface area contributed by atoms with Gasteiger partial charge in [-0.15, -0.1) is 0 Å². The molecule has 1 N–H and O–H groups in total. The number of amides is 1. The molecule has 1 amide bonds. The normalized spacial score (nSPS) is 15.5. The molecule has 5 rings (SSSR count). The second kappa shape index (κ2) is 11.7. The first-order chi connectivity index (χ1) is 18.5. The van der Waals surface area contributed by atoms with Crippen LogP contribution in [0.2, 0.25) is 5.02 Å². The molecular formula is C30H28ClN3O4. The number of benzene rings is 3. The monoisotopic (exact) mass is 529 g/mol. The van der Waals surface area contributed by atoms with Crippen molar-refractivity contribution < 1.29 is 19.4 Å². The van der Waals surface area contributed by atoms with Crippen molar-refractivity contribution >= 4 is 34.5 Å². The fourth-order valence-electron chi connectivity index (χ4n) is 4.77. The molecular weight excluding hydrogens is 502 g/mol. The minimum atomic E-state index is -0.812. The topological polar surface area (TPSA) is 92.6 Å². The molecule has 194 valence electrons. The third-order valence-corrected chi connectivity index (χ3v) is 6.98. The zero-order valence-electron chi connectivity index (χ0n) is 20.8. The molecule has 4 aromatic rings. The first-order valence-corrected chi connectivity index (χ1v) is 13.1. The van der Waals surface area contributed by atoms with Crippen molar-refractivity contribution in [2.75, 3.05) is 19.8 Å². The van der Waals surface area contributed by atoms with Gasteiger partial charge in [0.15, 0.2) is 0 Å². The van der Waals surface area contributed by atoms with Crippen LogP contribution >= 0.6 is 11.6 Å². The lowest BCUT2D eigenvalue weighted by atomic mass is 10.0. The molecule has 3 aromatic carbocycles. The number of carboxylic acids is 1. The molecule has 1 aliphatic rings. The van der Waals surface area contributed by atoms with E-state index in [1.54, 1.807) is 12.1 Å². The molecule has 0 aliphatic carbocycles. The molecule has 8 heteroatoms. The Hall–Kier alpha value is -3.81. The molecule has 1 aliphatic heterocycles. The summed E-state index contributed by atoms with van der Waals surface area (Å²) < 4.78 is 5.70. The average molecular weight is 530 g/mol. The van der Waals surface area contributed by atoms with E-state index in [9.17, 15) is 9.59 Å². The number of carboxylic acid groups (broad SMARTS) is 1. The summed E-state index contributed by atoms with van der Waals surface area (Å²) in [5.41, 5.74) is 5.29. The van der Waals surface area contributed by atoms with Crippen LogP contribution in [0.25, 0.3) is 22.3 Å². The maximum absolute atomic E-state index is 13.7. The number of carbonyl (C=O) groups excluding carboxylic acids is 1. The van der Waals surface area contributed by atoms with Gasteiger partial charge in [-0.1, -0.05) is 54.1 Å². The summed E-state index contributed by atoms with van der Waals surface area (Å²) in [5, 5.41) is 9.64. The highest BCUT2D eigenvalue weighted by molar-refractivity contribution is 6.30. The van der Waals surface area contributed by atoms with Crippen molar-refractivity contribution in [2.24, 2.45) is 0 Å². The fraction of sp³-hybridized carbons (Fsp3) is 0.267. The van der Waals surface area contributed by atoms with Gasteiger partial charge in [-0.25, -0.2) is 9.97 Å². The Labute approximate surface area is 226 Å². The Kier molecular flexibility index (Phi) is 7.96. The summed E-state index contributed by atoms with van der Waals surface area (Å²) in [6, 6.07) is 22.6. The molecule has 0 radical (unpaired) electrons. The number of nitrogens with zero attached hydrogens (tertiary/aromatic N) is 3. The quantitative estimate of drug-likeness (QED) is 0.283. The Morgan fingerprint density at radius 1 is 0.974 bits per heavy atom. The van der Waals surface area contributed by atoms with Crippen LogP contribution in [0.15, 0.2) is 72.8 Å². The number of halogens is 1. The van der Waals surface area contributed by atoms with Crippen LogP contribution in [-0.4, -0.2) is 51.6 Å². The van der Waals surface area contributed by atoms with E-state index < -0.39 is 5.97 Å². The number of hydrogen-bond donors (Lipinski definition) is 1. The van der Waals surface area contributed by atoms with Crippen LogP contribution in [0.1, 0.15) is 46.9 Å². The molecule has 0 saturated carbocycles. The number of aromatic nitrogens is 2. The highest BCUT2D eigenvalue weighted by Gasteiger charge is 2.29. The number of aliphatic carboxylic acids is 1. The van der Waals surface area contributed by atoms with Gasteiger partial charge in [0.2, 0.25) is 0 Å². The third-order valence-electron chi connectivity index (χ3n) is 6.73. The van der Waals surface area contributed by atoms with E-state index in [4.69, 9.17) is 31.4 Å². The Morgan fingerprint density at radius 3 is 2.53 bits per heavy atom. The molecule has 1 saturated heterocycles. The minimum Gasteiger partial charge on any atom is -0.481 e. The lowest BCUT2D eigenvalue weighted by Crippen LogP contribution is -2.43. The average Bonchev–Trinajstić information content (AvgIpc) is 2.95. The summed E-state index contributed by atoms with van der Waals surface area (Å²) in [7, 11) is 0. The van der Waals surface area contributed by atoms with Crippen LogP contribution < -0.4 is 0 Å². The van der Waals surface area contributed by atoms with Gasteiger partial charge in [-0.05, 0) is 55.2 Å². The van der Waals surface area contributed by atoms with Crippen molar-refractivity contribution in [3.8, 4) is 11.3 Å². The lowest BCUT2D eigenvalue weighted by molar-refractivity contribution is -0.137. The van der Waals surface area contributed by atoms with Crippen LogP contribution in [0, 0.1) is 0 Å². The summed E-state index contributed by atoms with van der Waals surface area (Å²) in [6.07, 6.45) is 1.90. The smallest absolute Gasteiger partial charge is 0.303 e. The van der Waals surface area contributed by atoms with Crippen LogP contribution in [0.3, 0.4) is 0 Å². The first kappa shape index (κ1) is 25.8. The van der Waals surface area contributed by atoms with Gasteiger partial charge in [0.25, 0.3) is 5.91 Å². The van der Waals surface area contributed by atoms with Crippen LogP contribution in [0.5, 0.6) is 0 Å². The zero-order valence-corrected chi connectivity index (χ0v) is 21.6. The number of ether oxygens (including phenoxy) is 1. The van der Waals surface area contributed by atoms with Gasteiger partial charge in [0, 0.05) is 29.1 Å². The van der Waals surface area contributed by atoms with Gasteiger partial charge in [-0.2, -0.15) is 0 Å². The zero-order chi connectivity index (χ0) is 26.5. The molecule has 7 nitrogen and oxygen atoms in total. The van der Waals surface area contributed by atoms with Gasteiger partial charge < -0.3 is 14.7 Å². The lowest BCUT2D eigenvalue weighted by Gasteiger charge is -2.36. The molecule has 1 atom stereocenters. The summed E-state index contributed by atoms with van der Waals surface area (Å²) in [6.45, 7) is 1.45. The highest BCUT2D eigenvalue weighted by atomic mass is 35.5. The SMILES string of the molecule is O=C(O)CCCCc1nc2cc(C(=O)N3CCOCC3c3ccccc3)ccc2nc1-c1ccc(Cl)cc1.